The smallest absolute Gasteiger partial charge is 1.00 e. The molecule has 0 spiro atoms. The van der Waals surface area contributed by atoms with Crippen LogP contribution in [0.5, 0.6) is 0 Å². The van der Waals surface area contributed by atoms with Gasteiger partial charge in [-0.3, -0.25) is 0 Å². The van der Waals surface area contributed by atoms with Crippen molar-refractivity contribution in [1.29, 1.82) is 0 Å². The minimum atomic E-state index is 0. The van der Waals surface area contributed by atoms with Gasteiger partial charge >= 0.3 is 128 Å². The Morgan fingerprint density at radius 2 is 2.00 bits per heavy atom. The summed E-state index contributed by atoms with van der Waals surface area (Å²) in [5, 5.41) is 8.89. The zero-order valence-electron chi connectivity index (χ0n) is 11.4. The first kappa shape index (κ1) is 18.7. The maximum Gasteiger partial charge on any atom is -1.00 e. The number of rotatable bonds is 4. The number of halogens is 2. The molecule has 1 atom stereocenters. The molecule has 1 N–H and O–H groups in total. The number of ether oxygens (including phenoxy) is 1. The van der Waals surface area contributed by atoms with Crippen LogP contribution < -0.4 is 24.8 Å². The van der Waals surface area contributed by atoms with E-state index in [0.29, 0.717) is 10.2 Å². The molecule has 0 amide bonds. The molecule has 0 fully saturated rings. The minimum Gasteiger partial charge on any atom is -1.00 e. The van der Waals surface area contributed by atoms with E-state index in [1.165, 1.54) is 47.0 Å². The zero-order valence-corrected chi connectivity index (χ0v) is 15.3. The van der Waals surface area contributed by atoms with Crippen LogP contribution in [-0.4, -0.2) is 18.3 Å². The maximum absolute atomic E-state index is 8.89. The van der Waals surface area contributed by atoms with Gasteiger partial charge in [0.25, 0.3) is 0 Å². The third kappa shape index (κ3) is 3.71. The number of benzene rings is 1. The Morgan fingerprint density at radius 1 is 1.24 bits per heavy atom. The van der Waals surface area contributed by atoms with Crippen molar-refractivity contribution in [2.45, 2.75) is 10.0 Å². The maximum atomic E-state index is 8.89. The van der Waals surface area contributed by atoms with E-state index < -0.39 is 0 Å². The van der Waals surface area contributed by atoms with Gasteiger partial charge in [0.05, 0.1) is 0 Å². The fraction of sp³-hybridized carbons (Fsp3) is 0.250. The molecule has 0 aliphatic heterocycles. The number of hydrogen-bond donors (Lipinski definition) is 1. The molecule has 1 aromatic rings. The van der Waals surface area contributed by atoms with Crippen molar-refractivity contribution in [3.63, 3.8) is 0 Å². The van der Waals surface area contributed by atoms with Crippen LogP contribution in [0.25, 0.3) is 6.08 Å². The molecule has 5 heteroatoms. The summed E-state index contributed by atoms with van der Waals surface area (Å²) in [5.74, 6) is 0.931. The molecule has 0 bridgehead atoms. The molecule has 21 heavy (non-hydrogen) atoms. The molecule has 109 valence electrons. The monoisotopic (exact) mass is 399 g/mol. The standard InChI is InChI=1S/C16H15O2.2ClH.Zr/c17-8-9-18-16-7-3-6-15(16)14-10-12-4-1-2-5-13(12)11-14;;;/h1-5,7,10-11,17H,6,8-9H2;2*1H;/q;;;+2/p-2. The van der Waals surface area contributed by atoms with Crippen molar-refractivity contribution in [2.24, 2.45) is 0 Å². The predicted octanol–water partition coefficient (Wildman–Crippen LogP) is -3.10. The predicted molar refractivity (Wildman–Crippen MR) is 71.0 cm³/mol. The van der Waals surface area contributed by atoms with Crippen LogP contribution in [0.3, 0.4) is 0 Å². The Kier molecular flexibility index (Phi) is 7.43. The van der Waals surface area contributed by atoms with Gasteiger partial charge in [-0.15, -0.1) is 0 Å². The second-order valence-electron chi connectivity index (χ2n) is 4.68. The number of hydrogen-bond acceptors (Lipinski definition) is 2. The van der Waals surface area contributed by atoms with E-state index >= 15 is 0 Å². The van der Waals surface area contributed by atoms with Crippen molar-refractivity contribution in [3.8, 4) is 0 Å². The first-order valence-corrected chi connectivity index (χ1v) is 7.88. The summed E-state index contributed by atoms with van der Waals surface area (Å²) in [5.41, 5.74) is 5.43. The number of aliphatic hydroxyl groups is 1. The molecule has 0 aromatic heterocycles. The van der Waals surface area contributed by atoms with Crippen molar-refractivity contribution in [1.82, 2.24) is 0 Å². The molecule has 0 saturated carbocycles. The van der Waals surface area contributed by atoms with Gasteiger partial charge in [-0.1, -0.05) is 0 Å². The van der Waals surface area contributed by atoms with Crippen LogP contribution in [0.2, 0.25) is 0 Å². The van der Waals surface area contributed by atoms with E-state index in [0.717, 1.165) is 12.2 Å². The first-order valence-electron chi connectivity index (χ1n) is 6.46. The summed E-state index contributed by atoms with van der Waals surface area (Å²) in [4.78, 5) is 0. The van der Waals surface area contributed by atoms with Crippen molar-refractivity contribution in [3.05, 3.63) is 64.4 Å². The summed E-state index contributed by atoms with van der Waals surface area (Å²) in [6.07, 6.45) is 7.39. The summed E-state index contributed by atoms with van der Waals surface area (Å²) in [6.45, 7) is 0.427. The Balaban J connectivity index is 0.00000110. The van der Waals surface area contributed by atoms with E-state index in [1.807, 2.05) is 6.08 Å². The van der Waals surface area contributed by atoms with Crippen molar-refractivity contribution in [2.75, 3.05) is 13.2 Å². The summed E-state index contributed by atoms with van der Waals surface area (Å²) >= 11 is 1.51. The second kappa shape index (κ2) is 8.34. The SMILES string of the molecule is OCCOC1=C(C2=Cc3ccccc3[CH]2[Zr+2])CC=C1.[Cl-].[Cl-]. The topological polar surface area (TPSA) is 29.5 Å². The summed E-state index contributed by atoms with van der Waals surface area (Å²) in [6, 6.07) is 8.59. The Hall–Kier alpha value is -0.337. The molecule has 1 aromatic carbocycles. The van der Waals surface area contributed by atoms with Gasteiger partial charge in [0.2, 0.25) is 0 Å². The van der Waals surface area contributed by atoms with Gasteiger partial charge in [0, 0.05) is 0 Å². The van der Waals surface area contributed by atoms with Crippen molar-refractivity contribution >= 4 is 6.08 Å². The normalized spacial score (nSPS) is 18.8. The Bertz CT molecular complexity index is 594. The van der Waals surface area contributed by atoms with Gasteiger partial charge in [-0.05, 0) is 0 Å². The second-order valence-corrected chi connectivity index (χ2v) is 6.10. The van der Waals surface area contributed by atoms with Crippen LogP contribution in [0.15, 0.2) is 53.3 Å². The van der Waals surface area contributed by atoms with Crippen molar-refractivity contribution < 1.29 is 59.4 Å². The largest absolute Gasteiger partial charge is 1.00 e. The van der Waals surface area contributed by atoms with E-state index in [1.54, 1.807) is 0 Å². The zero-order chi connectivity index (χ0) is 13.2. The third-order valence-electron chi connectivity index (χ3n) is 3.51. The van der Waals surface area contributed by atoms with Gasteiger partial charge in [0.1, 0.15) is 0 Å². The molecular formula is C16H15Cl2O2Zr. The quantitative estimate of drug-likeness (QED) is 0.580. The third-order valence-corrected chi connectivity index (χ3v) is 5.04. The fourth-order valence-corrected chi connectivity index (χ4v) is 3.90. The number of aliphatic hydroxyl groups excluding tert-OH is 1. The fourth-order valence-electron chi connectivity index (χ4n) is 2.62. The Labute approximate surface area is 152 Å². The van der Waals surface area contributed by atoms with Gasteiger partial charge in [-0.25, -0.2) is 0 Å². The molecule has 0 saturated heterocycles. The molecular weight excluding hydrogens is 386 g/mol. The van der Waals surface area contributed by atoms with Gasteiger partial charge in [-0.2, -0.15) is 0 Å². The minimum absolute atomic E-state index is 0. The summed E-state index contributed by atoms with van der Waals surface area (Å²) in [7, 11) is 0. The average Bonchev–Trinajstić information content (AvgIpc) is 3.01. The molecule has 2 aliphatic carbocycles. The molecule has 0 radical (unpaired) electrons. The van der Waals surface area contributed by atoms with Crippen LogP contribution in [0.1, 0.15) is 21.2 Å². The molecule has 2 aliphatic rings. The summed E-state index contributed by atoms with van der Waals surface area (Å²) < 4.78 is 6.14. The molecule has 3 rings (SSSR count). The van der Waals surface area contributed by atoms with E-state index in [9.17, 15) is 0 Å². The van der Waals surface area contributed by atoms with Crippen LogP contribution in [0, 0.1) is 0 Å². The average molecular weight is 401 g/mol. The molecule has 1 unspecified atom stereocenters. The molecule has 2 nitrogen and oxygen atoms in total. The first-order chi connectivity index (χ1) is 9.31. The Morgan fingerprint density at radius 3 is 2.71 bits per heavy atom. The van der Waals surface area contributed by atoms with E-state index in [-0.39, 0.29) is 31.4 Å². The van der Waals surface area contributed by atoms with Crippen LogP contribution in [0.4, 0.5) is 0 Å². The van der Waals surface area contributed by atoms with E-state index in [2.05, 4.69) is 36.4 Å². The van der Waals surface area contributed by atoms with E-state index in [4.69, 9.17) is 9.84 Å². The molecule has 0 heterocycles. The van der Waals surface area contributed by atoms with Crippen LogP contribution >= 0.6 is 0 Å². The number of fused-ring (bicyclic) bond motifs is 1. The van der Waals surface area contributed by atoms with Crippen LogP contribution in [-0.2, 0) is 29.5 Å². The van der Waals surface area contributed by atoms with Gasteiger partial charge in [0.15, 0.2) is 0 Å². The number of allylic oxidation sites excluding steroid dienone is 4. The van der Waals surface area contributed by atoms with Gasteiger partial charge < -0.3 is 24.8 Å².